The third kappa shape index (κ3) is 3.63. The van der Waals surface area contributed by atoms with Crippen LogP contribution in [0.2, 0.25) is 0 Å². The van der Waals surface area contributed by atoms with Gasteiger partial charge in [-0.15, -0.1) is 0 Å². The minimum absolute atomic E-state index is 0.00460. The van der Waals surface area contributed by atoms with Crippen molar-refractivity contribution in [1.29, 1.82) is 0 Å². The standard InChI is InChI=1S/C19H17F2N5O3S/c1-10(12-5-3-4-6-13(12)20)17-14(21)7-8-15-18(17)24-19(26-30(15,27)28)22-9-16-23-11(2)25-29-16/h3-8,10H,9H2,1-2H3,(H2,22,24,26)/t10-/m0/s1. The molecule has 156 valence electrons. The molecule has 0 bridgehead atoms. The maximum atomic E-state index is 14.8. The molecular formula is C19H17F2N5O3S. The number of aliphatic imine (C=N–C) groups is 1. The fourth-order valence-electron chi connectivity index (χ4n) is 3.28. The lowest BCUT2D eigenvalue weighted by Crippen LogP contribution is -2.41. The number of nitrogens with one attached hydrogen (secondary N) is 2. The van der Waals surface area contributed by atoms with Crippen molar-refractivity contribution >= 4 is 21.7 Å². The first-order valence-corrected chi connectivity index (χ1v) is 10.4. The molecule has 8 nitrogen and oxygen atoms in total. The molecule has 0 amide bonds. The fourth-order valence-corrected chi connectivity index (χ4v) is 4.44. The second-order valence-electron chi connectivity index (χ2n) is 6.71. The molecule has 1 aromatic heterocycles. The van der Waals surface area contributed by atoms with Crippen LogP contribution >= 0.6 is 0 Å². The first-order valence-electron chi connectivity index (χ1n) is 8.96. The minimum Gasteiger partial charge on any atom is -0.337 e. The largest absolute Gasteiger partial charge is 0.337 e. The van der Waals surface area contributed by atoms with Gasteiger partial charge in [0, 0.05) is 11.5 Å². The van der Waals surface area contributed by atoms with Crippen LogP contribution in [0.25, 0.3) is 0 Å². The fraction of sp³-hybridized carbons (Fsp3) is 0.211. The third-order valence-electron chi connectivity index (χ3n) is 4.66. The summed E-state index contributed by atoms with van der Waals surface area (Å²) in [5.74, 6) is -1.48. The van der Waals surface area contributed by atoms with Crippen molar-refractivity contribution < 1.29 is 21.7 Å². The van der Waals surface area contributed by atoms with Gasteiger partial charge < -0.3 is 9.84 Å². The van der Waals surface area contributed by atoms with E-state index < -0.39 is 27.6 Å². The lowest BCUT2D eigenvalue weighted by Gasteiger charge is -2.26. The van der Waals surface area contributed by atoms with E-state index >= 15 is 0 Å². The van der Waals surface area contributed by atoms with Crippen LogP contribution < -0.4 is 10.0 Å². The van der Waals surface area contributed by atoms with E-state index in [1.165, 1.54) is 18.2 Å². The van der Waals surface area contributed by atoms with Gasteiger partial charge in [-0.25, -0.2) is 26.9 Å². The van der Waals surface area contributed by atoms with Crippen molar-refractivity contribution in [2.24, 2.45) is 4.99 Å². The molecule has 0 radical (unpaired) electrons. The van der Waals surface area contributed by atoms with Crippen molar-refractivity contribution in [1.82, 2.24) is 14.9 Å². The summed E-state index contributed by atoms with van der Waals surface area (Å²) in [6.45, 7) is 3.15. The second-order valence-corrected chi connectivity index (χ2v) is 8.36. The number of nitrogens with zero attached hydrogens (tertiary/aromatic N) is 3. The monoisotopic (exact) mass is 433 g/mol. The second kappa shape index (κ2) is 7.48. The van der Waals surface area contributed by atoms with E-state index in [2.05, 4.69) is 25.2 Å². The zero-order chi connectivity index (χ0) is 21.5. The van der Waals surface area contributed by atoms with Gasteiger partial charge in [0.05, 0.1) is 5.69 Å². The van der Waals surface area contributed by atoms with Crippen molar-refractivity contribution in [3.63, 3.8) is 0 Å². The Balaban J connectivity index is 1.78. The highest BCUT2D eigenvalue weighted by Crippen LogP contribution is 2.38. The van der Waals surface area contributed by atoms with Crippen molar-refractivity contribution in [3.8, 4) is 0 Å². The number of guanidine groups is 1. The number of aryl methyl sites for hydroxylation is 1. The van der Waals surface area contributed by atoms with Crippen molar-refractivity contribution in [2.45, 2.75) is 31.2 Å². The molecule has 1 atom stereocenters. The predicted octanol–water partition coefficient (Wildman–Crippen LogP) is 3.07. The summed E-state index contributed by atoms with van der Waals surface area (Å²) in [6, 6.07) is 8.16. The van der Waals surface area contributed by atoms with E-state index in [1.807, 2.05) is 0 Å². The first-order chi connectivity index (χ1) is 14.3. The van der Waals surface area contributed by atoms with Crippen LogP contribution in [0.3, 0.4) is 0 Å². The number of sulfonamides is 1. The van der Waals surface area contributed by atoms with Crippen LogP contribution in [0.4, 0.5) is 14.5 Å². The highest BCUT2D eigenvalue weighted by Gasteiger charge is 2.32. The Morgan fingerprint density at radius 2 is 1.93 bits per heavy atom. The van der Waals surface area contributed by atoms with Crippen LogP contribution in [0.1, 0.15) is 35.7 Å². The zero-order valence-electron chi connectivity index (χ0n) is 16.0. The molecule has 0 aliphatic carbocycles. The Morgan fingerprint density at radius 1 is 1.17 bits per heavy atom. The highest BCUT2D eigenvalue weighted by atomic mass is 32.2. The maximum Gasteiger partial charge on any atom is 0.266 e. The highest BCUT2D eigenvalue weighted by molar-refractivity contribution is 7.90. The number of fused-ring (bicyclic) bond motifs is 1. The molecule has 3 aromatic rings. The predicted molar refractivity (Wildman–Crippen MR) is 104 cm³/mol. The maximum absolute atomic E-state index is 14.8. The van der Waals surface area contributed by atoms with E-state index in [-0.39, 0.29) is 40.1 Å². The molecule has 30 heavy (non-hydrogen) atoms. The van der Waals surface area contributed by atoms with Gasteiger partial charge in [-0.1, -0.05) is 30.3 Å². The summed E-state index contributed by atoms with van der Waals surface area (Å²) in [5, 5.41) is 6.45. The van der Waals surface area contributed by atoms with Crippen LogP contribution in [-0.2, 0) is 16.6 Å². The van der Waals surface area contributed by atoms with Gasteiger partial charge in [-0.05, 0) is 30.7 Å². The summed E-state index contributed by atoms with van der Waals surface area (Å²) >= 11 is 0. The van der Waals surface area contributed by atoms with Gasteiger partial charge in [0.15, 0.2) is 5.82 Å². The molecule has 2 heterocycles. The molecular weight excluding hydrogens is 416 g/mol. The van der Waals surface area contributed by atoms with Gasteiger partial charge in [0.2, 0.25) is 11.9 Å². The van der Waals surface area contributed by atoms with Crippen LogP contribution in [0.15, 0.2) is 50.8 Å². The summed E-state index contributed by atoms with van der Waals surface area (Å²) in [7, 11) is -4.03. The molecule has 2 N–H and O–H groups in total. The molecule has 1 aliphatic heterocycles. The zero-order valence-corrected chi connectivity index (χ0v) is 16.8. The van der Waals surface area contributed by atoms with Crippen LogP contribution in [0.5, 0.6) is 0 Å². The topological polar surface area (TPSA) is 109 Å². The molecule has 1 aliphatic rings. The Morgan fingerprint density at radius 3 is 2.63 bits per heavy atom. The quantitative estimate of drug-likeness (QED) is 0.655. The number of benzene rings is 2. The number of hydrogen-bond acceptors (Lipinski definition) is 6. The normalized spacial score (nSPS) is 17.1. The Bertz CT molecular complexity index is 1260. The Hall–Kier alpha value is -3.34. The Kier molecular flexibility index (Phi) is 4.98. The lowest BCUT2D eigenvalue weighted by atomic mass is 9.91. The number of aromatic nitrogens is 2. The smallest absolute Gasteiger partial charge is 0.266 e. The van der Waals surface area contributed by atoms with E-state index in [9.17, 15) is 17.2 Å². The average Bonchev–Trinajstić information content (AvgIpc) is 3.11. The van der Waals surface area contributed by atoms with Gasteiger partial charge in [-0.2, -0.15) is 4.98 Å². The van der Waals surface area contributed by atoms with Crippen LogP contribution in [-0.4, -0.2) is 24.5 Å². The number of hydrogen-bond donors (Lipinski definition) is 2. The average molecular weight is 433 g/mol. The lowest BCUT2D eigenvalue weighted by molar-refractivity contribution is 0.376. The van der Waals surface area contributed by atoms with Gasteiger partial charge in [-0.3, -0.25) is 0 Å². The van der Waals surface area contributed by atoms with Gasteiger partial charge >= 0.3 is 0 Å². The first kappa shape index (κ1) is 20.0. The molecule has 0 saturated carbocycles. The summed E-state index contributed by atoms with van der Waals surface area (Å²) < 4.78 is 61.8. The summed E-state index contributed by atoms with van der Waals surface area (Å²) in [4.78, 5) is 7.94. The molecule has 0 unspecified atom stereocenters. The van der Waals surface area contributed by atoms with E-state index in [0.717, 1.165) is 12.1 Å². The van der Waals surface area contributed by atoms with Crippen molar-refractivity contribution in [3.05, 3.63) is 70.9 Å². The third-order valence-corrected chi connectivity index (χ3v) is 6.05. The van der Waals surface area contributed by atoms with Crippen molar-refractivity contribution in [2.75, 3.05) is 5.32 Å². The van der Waals surface area contributed by atoms with E-state index in [0.29, 0.717) is 5.82 Å². The Labute approximate surface area is 171 Å². The molecule has 2 aromatic carbocycles. The number of halogens is 2. The van der Waals surface area contributed by atoms with E-state index in [1.54, 1.807) is 19.9 Å². The van der Waals surface area contributed by atoms with Gasteiger partial charge in [0.25, 0.3) is 10.0 Å². The molecule has 0 spiro atoms. The molecule has 0 saturated heterocycles. The summed E-state index contributed by atoms with van der Waals surface area (Å²) in [6.07, 6.45) is 0. The number of anilines is 1. The van der Waals surface area contributed by atoms with E-state index in [4.69, 9.17) is 4.52 Å². The number of rotatable bonds is 4. The van der Waals surface area contributed by atoms with Crippen LogP contribution in [0, 0.1) is 18.6 Å². The summed E-state index contributed by atoms with van der Waals surface area (Å²) in [5.41, 5.74) is 0.260. The minimum atomic E-state index is -4.03. The SMILES string of the molecule is Cc1noc(CN=C2Nc3c(ccc(F)c3[C@@H](C)c3ccccc3F)S(=O)(=O)N2)n1. The molecule has 4 rings (SSSR count). The molecule has 11 heteroatoms. The van der Waals surface area contributed by atoms with Gasteiger partial charge in [0.1, 0.15) is 23.1 Å². The molecule has 0 fully saturated rings.